The number of halogens is 6. The molecular weight excluding hydrogens is 516 g/mol. The standard InChI is InChI=1S/C20H19F6N7O2S/c1-36(34,35)33-7-4-11(5-8-33)15-14(19(21,22)23)16(31-18(27)30-15)12-9-32(10-29-12)13-3-2-6-28-17(13)20(24,25)26/h2-3,6,9-11H,4-5,7-8H2,1H3,(H2,27,30,31). The van der Waals surface area contributed by atoms with Crippen molar-refractivity contribution < 1.29 is 34.8 Å². The fourth-order valence-electron chi connectivity index (χ4n) is 4.12. The highest BCUT2D eigenvalue weighted by atomic mass is 32.2. The monoisotopic (exact) mass is 535 g/mol. The molecule has 9 nitrogen and oxygen atoms in total. The molecule has 1 aliphatic rings. The van der Waals surface area contributed by atoms with Gasteiger partial charge in [-0.25, -0.2) is 32.7 Å². The zero-order valence-corrected chi connectivity index (χ0v) is 19.4. The van der Waals surface area contributed by atoms with Crippen molar-refractivity contribution in [2.75, 3.05) is 25.1 Å². The first-order valence-electron chi connectivity index (χ1n) is 10.4. The first-order valence-corrected chi connectivity index (χ1v) is 12.3. The first kappa shape index (κ1) is 25.8. The Bertz CT molecular complexity index is 1380. The highest BCUT2D eigenvalue weighted by molar-refractivity contribution is 7.88. The minimum Gasteiger partial charge on any atom is -0.368 e. The van der Waals surface area contributed by atoms with Gasteiger partial charge >= 0.3 is 12.4 Å². The number of imidazole rings is 1. The molecule has 0 radical (unpaired) electrons. The van der Waals surface area contributed by atoms with E-state index in [1.54, 1.807) is 0 Å². The van der Waals surface area contributed by atoms with Crippen molar-refractivity contribution in [3.8, 4) is 17.1 Å². The van der Waals surface area contributed by atoms with Crippen LogP contribution in [0.15, 0.2) is 30.9 Å². The van der Waals surface area contributed by atoms with Crippen LogP contribution < -0.4 is 5.73 Å². The lowest BCUT2D eigenvalue weighted by Crippen LogP contribution is -2.37. The van der Waals surface area contributed by atoms with Crippen LogP contribution in [0.5, 0.6) is 0 Å². The van der Waals surface area contributed by atoms with Gasteiger partial charge in [0.2, 0.25) is 16.0 Å². The van der Waals surface area contributed by atoms with Crippen LogP contribution in [0.3, 0.4) is 0 Å². The Balaban J connectivity index is 1.80. The van der Waals surface area contributed by atoms with Gasteiger partial charge in [-0.15, -0.1) is 0 Å². The summed E-state index contributed by atoms with van der Waals surface area (Å²) in [4.78, 5) is 14.8. The zero-order chi connectivity index (χ0) is 26.5. The number of nitrogen functional groups attached to an aromatic ring is 1. The third kappa shape index (κ3) is 5.13. The summed E-state index contributed by atoms with van der Waals surface area (Å²) in [6.07, 6.45) is -5.80. The molecule has 3 aromatic rings. The number of aromatic nitrogens is 5. The van der Waals surface area contributed by atoms with Crippen LogP contribution in [0.4, 0.5) is 32.3 Å². The zero-order valence-electron chi connectivity index (χ0n) is 18.5. The molecule has 0 saturated carbocycles. The summed E-state index contributed by atoms with van der Waals surface area (Å²) in [5.74, 6) is -1.26. The molecular formula is C20H19F6N7O2S. The molecule has 1 fully saturated rings. The fourth-order valence-corrected chi connectivity index (χ4v) is 4.99. The molecule has 0 unspecified atom stereocenters. The van der Waals surface area contributed by atoms with Crippen molar-refractivity contribution in [1.82, 2.24) is 28.8 Å². The number of rotatable bonds is 4. The van der Waals surface area contributed by atoms with Crippen LogP contribution in [0, 0.1) is 0 Å². The first-order chi connectivity index (χ1) is 16.7. The largest absolute Gasteiger partial charge is 0.435 e. The van der Waals surface area contributed by atoms with Gasteiger partial charge in [-0.3, -0.25) is 0 Å². The number of hydrogen-bond acceptors (Lipinski definition) is 7. The van der Waals surface area contributed by atoms with Crippen LogP contribution >= 0.6 is 0 Å². The van der Waals surface area contributed by atoms with Crippen molar-refractivity contribution >= 4 is 16.0 Å². The number of anilines is 1. The molecule has 0 spiro atoms. The van der Waals surface area contributed by atoms with Crippen molar-refractivity contribution in [3.63, 3.8) is 0 Å². The maximum atomic E-state index is 14.3. The molecule has 2 N–H and O–H groups in total. The Morgan fingerprint density at radius 3 is 2.28 bits per heavy atom. The lowest BCUT2D eigenvalue weighted by molar-refractivity contribution is -0.141. The lowest BCUT2D eigenvalue weighted by atomic mass is 9.90. The van der Waals surface area contributed by atoms with E-state index in [2.05, 4.69) is 19.9 Å². The molecule has 0 amide bonds. The normalized spacial score (nSPS) is 16.4. The molecule has 4 heterocycles. The third-order valence-electron chi connectivity index (χ3n) is 5.71. The maximum absolute atomic E-state index is 14.3. The molecule has 16 heteroatoms. The van der Waals surface area contributed by atoms with E-state index in [4.69, 9.17) is 5.73 Å². The maximum Gasteiger partial charge on any atom is 0.435 e. The second-order valence-corrected chi connectivity index (χ2v) is 10.1. The van der Waals surface area contributed by atoms with Crippen molar-refractivity contribution in [2.24, 2.45) is 0 Å². The second kappa shape index (κ2) is 8.99. The summed E-state index contributed by atoms with van der Waals surface area (Å²) >= 11 is 0. The Morgan fingerprint density at radius 2 is 1.69 bits per heavy atom. The average Bonchev–Trinajstić information content (AvgIpc) is 3.27. The average molecular weight is 535 g/mol. The summed E-state index contributed by atoms with van der Waals surface area (Å²) in [6, 6.07) is 2.34. The third-order valence-corrected chi connectivity index (χ3v) is 7.01. The van der Waals surface area contributed by atoms with Crippen LogP contribution in [-0.2, 0) is 22.4 Å². The summed E-state index contributed by atoms with van der Waals surface area (Å²) in [5, 5.41) is 0. The number of pyridine rings is 1. The molecule has 1 saturated heterocycles. The van der Waals surface area contributed by atoms with E-state index >= 15 is 0 Å². The summed E-state index contributed by atoms with van der Waals surface area (Å²) in [6.45, 7) is -0.00815. The van der Waals surface area contributed by atoms with Crippen LogP contribution in [0.1, 0.15) is 35.7 Å². The van der Waals surface area contributed by atoms with E-state index in [0.717, 1.165) is 39.9 Å². The van der Waals surface area contributed by atoms with Crippen LogP contribution in [0.2, 0.25) is 0 Å². The van der Waals surface area contributed by atoms with Crippen molar-refractivity contribution in [2.45, 2.75) is 31.1 Å². The molecule has 3 aromatic heterocycles. The Morgan fingerprint density at radius 1 is 1.03 bits per heavy atom. The summed E-state index contributed by atoms with van der Waals surface area (Å²) < 4.78 is 109. The minimum absolute atomic E-state index is 0.00408. The molecule has 0 aliphatic carbocycles. The SMILES string of the molecule is CS(=O)(=O)N1CCC(c2nc(N)nc(-c3cn(-c4cccnc4C(F)(F)F)cn3)c2C(F)(F)F)CC1. The fraction of sp³-hybridized carbons (Fsp3) is 0.400. The Labute approximate surface area is 201 Å². The van der Waals surface area contributed by atoms with Gasteiger partial charge in [0.05, 0.1) is 17.6 Å². The Kier molecular flexibility index (Phi) is 6.45. The predicted molar refractivity (Wildman–Crippen MR) is 115 cm³/mol. The molecule has 4 rings (SSSR count). The van der Waals surface area contributed by atoms with E-state index in [0.29, 0.717) is 0 Å². The number of piperidine rings is 1. The van der Waals surface area contributed by atoms with Crippen LogP contribution in [-0.4, -0.2) is 56.6 Å². The van der Waals surface area contributed by atoms with E-state index < -0.39 is 62.6 Å². The van der Waals surface area contributed by atoms with Gasteiger partial charge in [-0.2, -0.15) is 26.3 Å². The van der Waals surface area contributed by atoms with E-state index in [-0.39, 0.29) is 31.6 Å². The van der Waals surface area contributed by atoms with Crippen molar-refractivity contribution in [1.29, 1.82) is 0 Å². The number of sulfonamides is 1. The highest BCUT2D eigenvalue weighted by Gasteiger charge is 2.42. The highest BCUT2D eigenvalue weighted by Crippen LogP contribution is 2.43. The molecule has 0 bridgehead atoms. The number of alkyl halides is 6. The lowest BCUT2D eigenvalue weighted by Gasteiger charge is -2.31. The second-order valence-electron chi connectivity index (χ2n) is 8.16. The molecule has 0 aromatic carbocycles. The summed E-state index contributed by atoms with van der Waals surface area (Å²) in [5.41, 5.74) is 1.35. The smallest absolute Gasteiger partial charge is 0.368 e. The molecule has 194 valence electrons. The molecule has 36 heavy (non-hydrogen) atoms. The van der Waals surface area contributed by atoms with Gasteiger partial charge in [0.15, 0.2) is 5.69 Å². The number of nitrogens with two attached hydrogens (primary N) is 1. The van der Waals surface area contributed by atoms with E-state index in [1.165, 1.54) is 6.07 Å². The van der Waals surface area contributed by atoms with Gasteiger partial charge in [0.25, 0.3) is 0 Å². The van der Waals surface area contributed by atoms with Gasteiger partial charge in [-0.05, 0) is 25.0 Å². The minimum atomic E-state index is -4.96. The van der Waals surface area contributed by atoms with E-state index in [9.17, 15) is 34.8 Å². The molecule has 1 aliphatic heterocycles. The van der Waals surface area contributed by atoms with E-state index in [1.807, 2.05) is 0 Å². The predicted octanol–water partition coefficient (Wildman–Crippen LogP) is 3.48. The number of nitrogens with zero attached hydrogens (tertiary/aromatic N) is 6. The number of hydrogen-bond donors (Lipinski definition) is 1. The van der Waals surface area contributed by atoms with Gasteiger partial charge in [-0.1, -0.05) is 0 Å². The topological polar surface area (TPSA) is 120 Å². The van der Waals surface area contributed by atoms with Gasteiger partial charge in [0.1, 0.15) is 23.3 Å². The van der Waals surface area contributed by atoms with Gasteiger partial charge < -0.3 is 10.3 Å². The summed E-state index contributed by atoms with van der Waals surface area (Å²) in [7, 11) is -3.51. The quantitative estimate of drug-likeness (QED) is 0.508. The van der Waals surface area contributed by atoms with Gasteiger partial charge in [0, 0.05) is 31.4 Å². The van der Waals surface area contributed by atoms with Crippen molar-refractivity contribution in [3.05, 3.63) is 47.8 Å². The Hall–Kier alpha value is -3.27. The molecule has 0 atom stereocenters. The van der Waals surface area contributed by atoms with Crippen LogP contribution in [0.25, 0.3) is 17.1 Å².